The summed E-state index contributed by atoms with van der Waals surface area (Å²) in [6.07, 6.45) is 1.92. The third kappa shape index (κ3) is 6.90. The van der Waals surface area contributed by atoms with Crippen LogP contribution >= 0.6 is 11.6 Å². The summed E-state index contributed by atoms with van der Waals surface area (Å²) in [5, 5.41) is 5.74. The Balaban J connectivity index is 1.72. The summed E-state index contributed by atoms with van der Waals surface area (Å²) in [6, 6.07) is 5.45. The number of halogens is 1. The largest absolute Gasteiger partial charge is 0.454 e. The molecule has 0 aliphatic heterocycles. The fourth-order valence-corrected chi connectivity index (χ4v) is 2.24. The highest BCUT2D eigenvalue weighted by atomic mass is 35.5. The topological polar surface area (TPSA) is 105 Å². The van der Waals surface area contributed by atoms with Crippen LogP contribution in [-0.2, 0) is 19.1 Å². The van der Waals surface area contributed by atoms with Crippen LogP contribution in [0.4, 0.5) is 0 Å². The first kappa shape index (κ1) is 20.7. The van der Waals surface area contributed by atoms with Crippen molar-refractivity contribution < 1.29 is 23.9 Å². The fraction of sp³-hybridized carbons (Fsp3) is 0.444. The van der Waals surface area contributed by atoms with Gasteiger partial charge in [-0.15, -0.1) is 0 Å². The van der Waals surface area contributed by atoms with Gasteiger partial charge >= 0.3 is 5.97 Å². The first-order valence-corrected chi connectivity index (χ1v) is 8.90. The van der Waals surface area contributed by atoms with Gasteiger partial charge < -0.3 is 20.3 Å². The predicted octanol–water partition coefficient (Wildman–Crippen LogP) is 0.739. The lowest BCUT2D eigenvalue weighted by Crippen LogP contribution is -2.43. The van der Waals surface area contributed by atoms with Crippen molar-refractivity contribution in [2.75, 3.05) is 20.2 Å². The molecule has 8 nitrogen and oxygen atoms in total. The minimum absolute atomic E-state index is 0.101. The van der Waals surface area contributed by atoms with Crippen molar-refractivity contribution >= 4 is 35.3 Å². The number of benzene rings is 1. The molecule has 1 aromatic rings. The Morgan fingerprint density at radius 2 is 1.85 bits per heavy atom. The van der Waals surface area contributed by atoms with Gasteiger partial charge in [0.05, 0.1) is 6.54 Å². The number of hydrogen-bond acceptors (Lipinski definition) is 5. The van der Waals surface area contributed by atoms with E-state index in [1.807, 2.05) is 0 Å². The molecule has 0 aromatic heterocycles. The van der Waals surface area contributed by atoms with Crippen LogP contribution in [0.3, 0.4) is 0 Å². The molecule has 0 unspecified atom stereocenters. The molecule has 3 amide bonds. The normalized spacial score (nSPS) is 14.0. The second-order valence-corrected chi connectivity index (χ2v) is 6.84. The zero-order chi connectivity index (χ0) is 20.0. The minimum atomic E-state index is -0.940. The Morgan fingerprint density at radius 1 is 1.22 bits per heavy atom. The van der Waals surface area contributed by atoms with E-state index in [1.54, 1.807) is 12.1 Å². The number of likely N-dealkylation sites (N-methyl/N-ethyl adjacent to an activating group) is 1. The number of hydrogen-bond donors (Lipinski definition) is 2. The molecule has 27 heavy (non-hydrogen) atoms. The Bertz CT molecular complexity index is 718. The minimum Gasteiger partial charge on any atom is -0.454 e. The number of nitrogens with one attached hydrogen (secondary N) is 2. The Labute approximate surface area is 162 Å². The standard InChI is InChI=1S/C18H22ClN3O5/c1-11(20-17(25)12-3-5-13(19)6-4-12)18(26)27-10-16(24)22(2)9-15(23)21-14-7-8-14/h3-6,11,14H,7-10H2,1-2H3,(H,20,25)(H,21,23)/t11-/m0/s1. The van der Waals surface area contributed by atoms with Gasteiger partial charge in [-0.25, -0.2) is 4.79 Å². The van der Waals surface area contributed by atoms with Crippen LogP contribution in [0.5, 0.6) is 0 Å². The molecule has 1 aliphatic rings. The van der Waals surface area contributed by atoms with Gasteiger partial charge in [0, 0.05) is 23.7 Å². The molecule has 0 heterocycles. The Morgan fingerprint density at radius 3 is 2.44 bits per heavy atom. The average Bonchev–Trinajstić information content (AvgIpc) is 3.43. The number of rotatable bonds is 8. The van der Waals surface area contributed by atoms with Crippen LogP contribution in [0.1, 0.15) is 30.1 Å². The lowest BCUT2D eigenvalue weighted by atomic mass is 10.2. The second kappa shape index (κ2) is 9.36. The third-order valence-corrected chi connectivity index (χ3v) is 4.15. The molecule has 0 saturated heterocycles. The van der Waals surface area contributed by atoms with Gasteiger partial charge in [0.25, 0.3) is 11.8 Å². The maximum Gasteiger partial charge on any atom is 0.328 e. The summed E-state index contributed by atoms with van der Waals surface area (Å²) >= 11 is 5.76. The Hall–Kier alpha value is -2.61. The highest BCUT2D eigenvalue weighted by molar-refractivity contribution is 6.30. The number of carbonyl (C=O) groups excluding carboxylic acids is 4. The van der Waals surface area contributed by atoms with Crippen molar-refractivity contribution in [3.8, 4) is 0 Å². The van der Waals surface area contributed by atoms with Crippen LogP contribution in [-0.4, -0.2) is 60.9 Å². The maximum atomic E-state index is 12.1. The van der Waals surface area contributed by atoms with Crippen LogP contribution in [0.15, 0.2) is 24.3 Å². The summed E-state index contributed by atoms with van der Waals surface area (Å²) in [5.41, 5.74) is 0.344. The van der Waals surface area contributed by atoms with E-state index in [0.717, 1.165) is 12.8 Å². The fourth-order valence-electron chi connectivity index (χ4n) is 2.11. The van der Waals surface area contributed by atoms with Gasteiger partial charge in [-0.05, 0) is 44.0 Å². The lowest BCUT2D eigenvalue weighted by Gasteiger charge is -2.18. The van der Waals surface area contributed by atoms with Crippen molar-refractivity contribution in [3.05, 3.63) is 34.9 Å². The quantitative estimate of drug-likeness (QED) is 0.632. The van der Waals surface area contributed by atoms with Crippen molar-refractivity contribution in [1.82, 2.24) is 15.5 Å². The second-order valence-electron chi connectivity index (χ2n) is 6.40. The number of ether oxygens (including phenoxy) is 1. The summed E-state index contributed by atoms with van der Waals surface area (Å²) in [5.74, 6) is -1.97. The monoisotopic (exact) mass is 395 g/mol. The molecule has 1 aliphatic carbocycles. The first-order chi connectivity index (χ1) is 12.8. The zero-order valence-electron chi connectivity index (χ0n) is 15.2. The molecular weight excluding hydrogens is 374 g/mol. The Kier molecular flexibility index (Phi) is 7.18. The molecule has 2 rings (SSSR count). The highest BCUT2D eigenvalue weighted by Crippen LogP contribution is 2.18. The van der Waals surface area contributed by atoms with Crippen LogP contribution < -0.4 is 10.6 Å². The SMILES string of the molecule is C[C@H](NC(=O)c1ccc(Cl)cc1)C(=O)OCC(=O)N(C)CC(=O)NC1CC1. The average molecular weight is 396 g/mol. The zero-order valence-corrected chi connectivity index (χ0v) is 15.9. The van der Waals surface area contributed by atoms with E-state index < -0.39 is 30.4 Å². The van der Waals surface area contributed by atoms with E-state index in [4.69, 9.17) is 16.3 Å². The number of amides is 3. The van der Waals surface area contributed by atoms with Gasteiger partial charge in [-0.2, -0.15) is 0 Å². The molecule has 146 valence electrons. The van der Waals surface area contributed by atoms with Gasteiger partial charge in [-0.1, -0.05) is 11.6 Å². The molecule has 1 atom stereocenters. The van der Waals surface area contributed by atoms with Gasteiger partial charge in [0.2, 0.25) is 5.91 Å². The van der Waals surface area contributed by atoms with Gasteiger partial charge in [0.1, 0.15) is 6.04 Å². The van der Waals surface area contributed by atoms with Crippen molar-refractivity contribution in [2.45, 2.75) is 31.8 Å². The van der Waals surface area contributed by atoms with Gasteiger partial charge in [-0.3, -0.25) is 14.4 Å². The lowest BCUT2D eigenvalue weighted by molar-refractivity contribution is -0.153. The number of esters is 1. The van der Waals surface area contributed by atoms with Crippen molar-refractivity contribution in [1.29, 1.82) is 0 Å². The first-order valence-electron chi connectivity index (χ1n) is 8.52. The van der Waals surface area contributed by atoms with E-state index in [-0.39, 0.29) is 18.5 Å². The maximum absolute atomic E-state index is 12.1. The van der Waals surface area contributed by atoms with E-state index in [1.165, 1.54) is 31.0 Å². The van der Waals surface area contributed by atoms with E-state index in [0.29, 0.717) is 10.6 Å². The summed E-state index contributed by atoms with van der Waals surface area (Å²) in [6.45, 7) is 0.844. The molecule has 0 radical (unpaired) electrons. The van der Waals surface area contributed by atoms with Crippen molar-refractivity contribution in [2.24, 2.45) is 0 Å². The molecule has 1 saturated carbocycles. The molecule has 1 aromatic carbocycles. The summed E-state index contributed by atoms with van der Waals surface area (Å²) in [7, 11) is 1.45. The molecule has 9 heteroatoms. The summed E-state index contributed by atoms with van der Waals surface area (Å²) in [4.78, 5) is 48.8. The molecule has 0 bridgehead atoms. The highest BCUT2D eigenvalue weighted by Gasteiger charge is 2.25. The van der Waals surface area contributed by atoms with Crippen LogP contribution in [0.25, 0.3) is 0 Å². The number of carbonyl (C=O) groups is 4. The van der Waals surface area contributed by atoms with Gasteiger partial charge in [0.15, 0.2) is 6.61 Å². The molecule has 0 spiro atoms. The van der Waals surface area contributed by atoms with Crippen LogP contribution in [0.2, 0.25) is 5.02 Å². The van der Waals surface area contributed by atoms with E-state index in [9.17, 15) is 19.2 Å². The molecular formula is C18H22ClN3O5. The number of nitrogens with zero attached hydrogens (tertiary/aromatic N) is 1. The third-order valence-electron chi connectivity index (χ3n) is 3.89. The molecule has 2 N–H and O–H groups in total. The molecule has 1 fully saturated rings. The van der Waals surface area contributed by atoms with E-state index >= 15 is 0 Å². The van der Waals surface area contributed by atoms with E-state index in [2.05, 4.69) is 10.6 Å². The smallest absolute Gasteiger partial charge is 0.328 e. The van der Waals surface area contributed by atoms with Crippen LogP contribution in [0, 0.1) is 0 Å². The van der Waals surface area contributed by atoms with Crippen molar-refractivity contribution in [3.63, 3.8) is 0 Å². The summed E-state index contributed by atoms with van der Waals surface area (Å²) < 4.78 is 4.92. The predicted molar refractivity (Wildman–Crippen MR) is 98.1 cm³/mol.